The molecule has 1 N–H and O–H groups in total. The fraction of sp³-hybridized carbons (Fsp3) is 0. The lowest BCUT2D eigenvalue weighted by Crippen LogP contribution is -1.95. The third kappa shape index (κ3) is 3.31. The van der Waals surface area contributed by atoms with E-state index in [0.29, 0.717) is 5.56 Å². The largest absolute Gasteiger partial charge is 0.478 e. The first-order valence-corrected chi connectivity index (χ1v) is 6.21. The first kappa shape index (κ1) is 12.6. The molecule has 0 spiro atoms. The molecule has 0 radical (unpaired) electrons. The van der Waals surface area contributed by atoms with E-state index in [2.05, 4.69) is 15.9 Å². The van der Waals surface area contributed by atoms with Crippen molar-refractivity contribution in [3.63, 3.8) is 0 Å². The van der Waals surface area contributed by atoms with Crippen molar-refractivity contribution in [1.29, 1.82) is 0 Å². The van der Waals surface area contributed by atoms with Crippen LogP contribution in [-0.4, -0.2) is 11.1 Å². The summed E-state index contributed by atoms with van der Waals surface area (Å²) in [5.41, 5.74) is 2.23. The van der Waals surface area contributed by atoms with Gasteiger partial charge in [-0.25, -0.2) is 4.79 Å². The van der Waals surface area contributed by atoms with Gasteiger partial charge in [0.05, 0.1) is 5.56 Å². The van der Waals surface area contributed by atoms with Crippen molar-refractivity contribution in [1.82, 2.24) is 0 Å². The number of carboxylic acid groups (broad SMARTS) is 1. The van der Waals surface area contributed by atoms with Gasteiger partial charge in [0.2, 0.25) is 0 Å². The SMILES string of the molecule is O=C(O)c1cccc(/C=C/c2cccc(Br)c2)c1. The summed E-state index contributed by atoms with van der Waals surface area (Å²) >= 11 is 3.41. The molecule has 0 amide bonds. The Morgan fingerprint density at radius 1 is 1.00 bits per heavy atom. The second-order valence-corrected chi connectivity index (χ2v) is 4.73. The Morgan fingerprint density at radius 3 is 2.22 bits per heavy atom. The van der Waals surface area contributed by atoms with Crippen LogP contribution < -0.4 is 0 Å². The van der Waals surface area contributed by atoms with Crippen LogP contribution in [0.2, 0.25) is 0 Å². The zero-order valence-corrected chi connectivity index (χ0v) is 11.1. The highest BCUT2D eigenvalue weighted by molar-refractivity contribution is 9.10. The van der Waals surface area contributed by atoms with E-state index in [1.54, 1.807) is 18.2 Å². The molecule has 0 aromatic heterocycles. The lowest BCUT2D eigenvalue weighted by Gasteiger charge is -1.98. The molecule has 0 unspecified atom stereocenters. The summed E-state index contributed by atoms with van der Waals surface area (Å²) in [7, 11) is 0. The second-order valence-electron chi connectivity index (χ2n) is 3.82. The van der Waals surface area contributed by atoms with Crippen LogP contribution >= 0.6 is 15.9 Å². The Morgan fingerprint density at radius 2 is 1.61 bits per heavy atom. The molecular formula is C15H11BrO2. The summed E-state index contributed by atoms with van der Waals surface area (Å²) < 4.78 is 1.02. The molecule has 2 aromatic rings. The maximum absolute atomic E-state index is 10.8. The molecule has 2 rings (SSSR count). The third-order valence-corrected chi connectivity index (χ3v) is 2.94. The average molecular weight is 303 g/mol. The average Bonchev–Trinajstić information content (AvgIpc) is 2.37. The van der Waals surface area contributed by atoms with E-state index in [1.165, 1.54) is 0 Å². The quantitative estimate of drug-likeness (QED) is 0.858. The molecule has 0 saturated carbocycles. The number of aromatic carboxylic acids is 1. The Balaban J connectivity index is 2.23. The second kappa shape index (κ2) is 5.65. The number of rotatable bonds is 3. The topological polar surface area (TPSA) is 37.3 Å². The highest BCUT2D eigenvalue weighted by Gasteiger charge is 2.01. The van der Waals surface area contributed by atoms with Gasteiger partial charge in [-0.3, -0.25) is 0 Å². The van der Waals surface area contributed by atoms with Crippen LogP contribution in [0.25, 0.3) is 12.2 Å². The van der Waals surface area contributed by atoms with Crippen molar-refractivity contribution >= 4 is 34.1 Å². The number of carboxylic acids is 1. The molecule has 0 aliphatic carbocycles. The molecule has 18 heavy (non-hydrogen) atoms. The van der Waals surface area contributed by atoms with Gasteiger partial charge < -0.3 is 5.11 Å². The number of carbonyl (C=O) groups is 1. The fourth-order valence-corrected chi connectivity index (χ4v) is 2.00. The van der Waals surface area contributed by atoms with Gasteiger partial charge in [-0.1, -0.05) is 52.3 Å². The van der Waals surface area contributed by atoms with Gasteiger partial charge in [-0.15, -0.1) is 0 Å². The Hall–Kier alpha value is -1.87. The Kier molecular flexibility index (Phi) is 3.95. The molecule has 0 heterocycles. The van der Waals surface area contributed by atoms with E-state index >= 15 is 0 Å². The maximum atomic E-state index is 10.8. The van der Waals surface area contributed by atoms with Crippen LogP contribution in [0.5, 0.6) is 0 Å². The van der Waals surface area contributed by atoms with Crippen molar-refractivity contribution < 1.29 is 9.90 Å². The summed E-state index contributed by atoms with van der Waals surface area (Å²) in [5.74, 6) is -0.910. The minimum Gasteiger partial charge on any atom is -0.478 e. The van der Waals surface area contributed by atoms with Crippen LogP contribution in [0, 0.1) is 0 Å². The van der Waals surface area contributed by atoms with Gasteiger partial charge in [0.25, 0.3) is 0 Å². The van der Waals surface area contributed by atoms with Crippen molar-refractivity contribution in [2.75, 3.05) is 0 Å². The van der Waals surface area contributed by atoms with E-state index in [4.69, 9.17) is 5.11 Å². The minimum atomic E-state index is -0.910. The monoisotopic (exact) mass is 302 g/mol. The molecule has 0 atom stereocenters. The fourth-order valence-electron chi connectivity index (χ4n) is 1.58. The van der Waals surface area contributed by atoms with Gasteiger partial charge >= 0.3 is 5.97 Å². The molecule has 2 nitrogen and oxygen atoms in total. The molecule has 0 saturated heterocycles. The van der Waals surface area contributed by atoms with Gasteiger partial charge in [0.15, 0.2) is 0 Å². The predicted molar refractivity (Wildman–Crippen MR) is 76.5 cm³/mol. The van der Waals surface area contributed by atoms with Crippen LogP contribution in [0.3, 0.4) is 0 Å². The number of halogens is 1. The van der Waals surface area contributed by atoms with E-state index < -0.39 is 5.97 Å². The first-order chi connectivity index (χ1) is 8.65. The van der Waals surface area contributed by atoms with Crippen LogP contribution in [0.15, 0.2) is 53.0 Å². The highest BCUT2D eigenvalue weighted by Crippen LogP contribution is 2.15. The summed E-state index contributed by atoms with van der Waals surface area (Å²) in [6.45, 7) is 0. The molecule has 3 heteroatoms. The summed E-state index contributed by atoms with van der Waals surface area (Å²) in [5, 5.41) is 8.90. The molecule has 0 bridgehead atoms. The molecule has 0 aliphatic rings. The predicted octanol–water partition coefficient (Wildman–Crippen LogP) is 4.32. The summed E-state index contributed by atoms with van der Waals surface area (Å²) in [6, 6.07) is 14.8. The number of benzene rings is 2. The smallest absolute Gasteiger partial charge is 0.335 e. The summed E-state index contributed by atoms with van der Waals surface area (Å²) in [4.78, 5) is 10.8. The lowest BCUT2D eigenvalue weighted by atomic mass is 10.1. The third-order valence-electron chi connectivity index (χ3n) is 2.45. The Bertz CT molecular complexity index is 603. The molecular weight excluding hydrogens is 292 g/mol. The van der Waals surface area contributed by atoms with Crippen molar-refractivity contribution in [3.05, 3.63) is 69.7 Å². The molecule has 0 aliphatic heterocycles. The minimum absolute atomic E-state index is 0.298. The summed E-state index contributed by atoms with van der Waals surface area (Å²) in [6.07, 6.45) is 3.85. The van der Waals surface area contributed by atoms with E-state index in [0.717, 1.165) is 15.6 Å². The van der Waals surface area contributed by atoms with Crippen molar-refractivity contribution in [2.45, 2.75) is 0 Å². The highest BCUT2D eigenvalue weighted by atomic mass is 79.9. The van der Waals surface area contributed by atoms with Crippen LogP contribution in [0.4, 0.5) is 0 Å². The van der Waals surface area contributed by atoms with E-state index in [1.807, 2.05) is 42.5 Å². The maximum Gasteiger partial charge on any atom is 0.335 e. The zero-order chi connectivity index (χ0) is 13.0. The standard InChI is InChI=1S/C15H11BrO2/c16-14-6-2-4-12(10-14)8-7-11-3-1-5-13(9-11)15(17)18/h1-10H,(H,17,18)/b8-7+. The Labute approximate surface area is 114 Å². The molecule has 90 valence electrons. The van der Waals surface area contributed by atoms with Crippen molar-refractivity contribution in [3.8, 4) is 0 Å². The van der Waals surface area contributed by atoms with Gasteiger partial charge in [-0.2, -0.15) is 0 Å². The number of hydrogen-bond acceptors (Lipinski definition) is 1. The molecule has 0 fully saturated rings. The number of hydrogen-bond donors (Lipinski definition) is 1. The first-order valence-electron chi connectivity index (χ1n) is 5.42. The zero-order valence-electron chi connectivity index (χ0n) is 9.51. The lowest BCUT2D eigenvalue weighted by molar-refractivity contribution is 0.0697. The van der Waals surface area contributed by atoms with Crippen LogP contribution in [-0.2, 0) is 0 Å². The van der Waals surface area contributed by atoms with Gasteiger partial charge in [0.1, 0.15) is 0 Å². The van der Waals surface area contributed by atoms with Crippen LogP contribution in [0.1, 0.15) is 21.5 Å². The molecule has 2 aromatic carbocycles. The van der Waals surface area contributed by atoms with E-state index in [-0.39, 0.29) is 0 Å². The van der Waals surface area contributed by atoms with E-state index in [9.17, 15) is 4.79 Å². The van der Waals surface area contributed by atoms with Gasteiger partial charge in [0, 0.05) is 4.47 Å². The van der Waals surface area contributed by atoms with Gasteiger partial charge in [-0.05, 0) is 35.4 Å². The van der Waals surface area contributed by atoms with Crippen molar-refractivity contribution in [2.24, 2.45) is 0 Å². The normalized spacial score (nSPS) is 10.7.